The van der Waals surface area contributed by atoms with E-state index < -0.39 is 20.2 Å². The van der Waals surface area contributed by atoms with Crippen LogP contribution in [0.25, 0.3) is 0 Å². The van der Waals surface area contributed by atoms with Crippen molar-refractivity contribution in [3.8, 4) is 0 Å². The molecule has 1 heterocycles. The van der Waals surface area contributed by atoms with Gasteiger partial charge in [-0.05, 0) is 53.7 Å². The molecule has 0 aliphatic rings. The summed E-state index contributed by atoms with van der Waals surface area (Å²) in [5.74, 6) is 1.63. The predicted octanol–water partition coefficient (Wildman–Crippen LogP) is 2.18. The Kier molecular flexibility index (Phi) is 9.62. The first-order chi connectivity index (χ1) is 11.4. The van der Waals surface area contributed by atoms with E-state index >= 15 is 0 Å². The summed E-state index contributed by atoms with van der Waals surface area (Å²) < 4.78 is 29.0. The molecule has 26 heavy (non-hydrogen) atoms. The van der Waals surface area contributed by atoms with Crippen LogP contribution in [0.1, 0.15) is 46.1 Å². The fourth-order valence-corrected chi connectivity index (χ4v) is 2.97. The molecule has 7 nitrogen and oxygen atoms in total. The molecule has 0 amide bonds. The van der Waals surface area contributed by atoms with Gasteiger partial charge in [-0.1, -0.05) is 0 Å². The van der Waals surface area contributed by atoms with Crippen molar-refractivity contribution in [3.63, 3.8) is 0 Å². The molecule has 0 saturated carbocycles. The molecule has 0 spiro atoms. The summed E-state index contributed by atoms with van der Waals surface area (Å²) in [7, 11) is -3.20. The molecule has 0 fully saturated rings. The van der Waals surface area contributed by atoms with E-state index in [4.69, 9.17) is 4.42 Å². The second-order valence-corrected chi connectivity index (χ2v) is 10.1. The Morgan fingerprint density at radius 2 is 1.85 bits per heavy atom. The second kappa shape index (κ2) is 9.93. The molecule has 0 aliphatic heterocycles. The van der Waals surface area contributed by atoms with Crippen molar-refractivity contribution >= 4 is 39.8 Å². The van der Waals surface area contributed by atoms with Gasteiger partial charge >= 0.3 is 0 Å². The van der Waals surface area contributed by atoms with Gasteiger partial charge < -0.3 is 20.2 Å². The van der Waals surface area contributed by atoms with E-state index in [-0.39, 0.29) is 42.8 Å². The van der Waals surface area contributed by atoms with Crippen molar-refractivity contribution < 1.29 is 17.9 Å². The summed E-state index contributed by atoms with van der Waals surface area (Å²) in [6.45, 7) is 11.4. The number of hydrogen-bond donors (Lipinski definition) is 3. The Morgan fingerprint density at radius 3 is 2.31 bits per heavy atom. The number of hydrogen-bond acceptors (Lipinski definition) is 5. The minimum atomic E-state index is -3.20. The van der Waals surface area contributed by atoms with E-state index in [1.807, 2.05) is 13.8 Å². The van der Waals surface area contributed by atoms with Gasteiger partial charge in [0, 0.05) is 13.1 Å². The van der Waals surface area contributed by atoms with Gasteiger partial charge in [-0.3, -0.25) is 0 Å². The van der Waals surface area contributed by atoms with Gasteiger partial charge in [0.2, 0.25) is 0 Å². The van der Waals surface area contributed by atoms with E-state index in [0.29, 0.717) is 18.3 Å². The van der Waals surface area contributed by atoms with Crippen LogP contribution in [0.3, 0.4) is 0 Å². The second-order valence-electron chi connectivity index (χ2n) is 7.24. The maximum atomic E-state index is 12.1. The number of rotatable bonds is 7. The van der Waals surface area contributed by atoms with Crippen molar-refractivity contribution in [2.24, 2.45) is 4.99 Å². The average molecular weight is 501 g/mol. The Morgan fingerprint density at radius 1 is 1.23 bits per heavy atom. The van der Waals surface area contributed by atoms with E-state index in [9.17, 15) is 13.5 Å². The van der Waals surface area contributed by atoms with Gasteiger partial charge in [0.1, 0.15) is 17.1 Å². The minimum Gasteiger partial charge on any atom is -0.463 e. The van der Waals surface area contributed by atoms with Crippen LogP contribution in [-0.4, -0.2) is 49.6 Å². The van der Waals surface area contributed by atoms with Crippen LogP contribution in [-0.2, 0) is 15.4 Å². The van der Waals surface area contributed by atoms with E-state index in [0.717, 1.165) is 5.76 Å². The molecule has 0 radical (unpaired) electrons. The number of guanidine groups is 1. The van der Waals surface area contributed by atoms with Gasteiger partial charge in [-0.15, -0.1) is 24.0 Å². The third-order valence-corrected chi connectivity index (χ3v) is 6.36. The number of nitrogens with zero attached hydrogens (tertiary/aromatic N) is 1. The van der Waals surface area contributed by atoms with E-state index in [1.54, 1.807) is 39.8 Å². The molecular weight excluding hydrogens is 469 g/mol. The fraction of sp³-hybridized carbons (Fsp3) is 0.706. The zero-order valence-electron chi connectivity index (χ0n) is 16.4. The molecule has 0 aromatic carbocycles. The molecule has 0 saturated heterocycles. The zero-order valence-corrected chi connectivity index (χ0v) is 19.6. The lowest BCUT2D eigenvalue weighted by atomic mass is 10.0. The summed E-state index contributed by atoms with van der Waals surface area (Å²) >= 11 is 0. The lowest BCUT2D eigenvalue weighted by Crippen LogP contribution is -2.42. The molecule has 1 aromatic heterocycles. The highest BCUT2D eigenvalue weighted by molar-refractivity contribution is 14.0. The number of aliphatic imine (C=N–C) groups is 1. The van der Waals surface area contributed by atoms with Crippen LogP contribution in [0.4, 0.5) is 0 Å². The van der Waals surface area contributed by atoms with Crippen LogP contribution in [0.15, 0.2) is 21.5 Å². The Labute approximate surface area is 174 Å². The monoisotopic (exact) mass is 501 g/mol. The molecule has 0 aliphatic carbocycles. The summed E-state index contributed by atoms with van der Waals surface area (Å²) in [5.41, 5.74) is -1.24. The van der Waals surface area contributed by atoms with Crippen molar-refractivity contribution in [2.75, 3.05) is 25.4 Å². The topological polar surface area (TPSA) is 104 Å². The normalized spacial score (nSPS) is 15.1. The van der Waals surface area contributed by atoms with E-state index in [1.165, 1.54) is 0 Å². The van der Waals surface area contributed by atoms with Crippen molar-refractivity contribution in [3.05, 3.63) is 23.7 Å². The largest absolute Gasteiger partial charge is 0.463 e. The molecule has 1 rings (SSSR count). The standard InChI is InChI=1S/C17H31N3O4S.HI/c1-7-18-15(19-10-11-25(22,23)16(3,4)5)20-12-17(6,21)14-9-8-13(2)24-14;/h8-9,21H,7,10-12H2,1-6H3,(H2,18,19,20);1H. The zero-order chi connectivity index (χ0) is 19.3. The van der Waals surface area contributed by atoms with Gasteiger partial charge in [0.25, 0.3) is 0 Å². The molecule has 1 aromatic rings. The Balaban J connectivity index is 0.00000625. The maximum absolute atomic E-state index is 12.1. The molecule has 0 bridgehead atoms. The van der Waals surface area contributed by atoms with Crippen LogP contribution in [0, 0.1) is 6.92 Å². The van der Waals surface area contributed by atoms with Crippen LogP contribution >= 0.6 is 24.0 Å². The number of aliphatic hydroxyl groups is 1. The lowest BCUT2D eigenvalue weighted by Gasteiger charge is -2.21. The van der Waals surface area contributed by atoms with Crippen LogP contribution < -0.4 is 10.6 Å². The Hall–Kier alpha value is -0.810. The molecule has 3 N–H and O–H groups in total. The lowest BCUT2D eigenvalue weighted by molar-refractivity contribution is 0.0428. The summed E-state index contributed by atoms with van der Waals surface area (Å²) in [4.78, 5) is 4.34. The highest BCUT2D eigenvalue weighted by atomic mass is 127. The van der Waals surface area contributed by atoms with Crippen molar-refractivity contribution in [2.45, 2.75) is 51.9 Å². The van der Waals surface area contributed by atoms with E-state index in [2.05, 4.69) is 15.6 Å². The van der Waals surface area contributed by atoms with Crippen molar-refractivity contribution in [1.82, 2.24) is 10.6 Å². The SMILES string of the molecule is CCNC(=NCC(C)(O)c1ccc(C)o1)NCCS(=O)(=O)C(C)(C)C.I. The quantitative estimate of drug-likeness (QED) is 0.301. The van der Waals surface area contributed by atoms with Crippen LogP contribution in [0.5, 0.6) is 0 Å². The first-order valence-electron chi connectivity index (χ1n) is 8.43. The predicted molar refractivity (Wildman–Crippen MR) is 116 cm³/mol. The highest BCUT2D eigenvalue weighted by Gasteiger charge is 2.29. The molecule has 152 valence electrons. The highest BCUT2D eigenvalue weighted by Crippen LogP contribution is 2.23. The number of furan rings is 1. The van der Waals surface area contributed by atoms with Gasteiger partial charge in [0.05, 0.1) is 17.0 Å². The summed E-state index contributed by atoms with van der Waals surface area (Å²) in [6, 6.07) is 3.51. The maximum Gasteiger partial charge on any atom is 0.191 e. The molecular formula is C17H32IN3O4S. The average Bonchev–Trinajstić information content (AvgIpc) is 2.91. The van der Waals surface area contributed by atoms with Gasteiger partial charge in [-0.25, -0.2) is 13.4 Å². The van der Waals surface area contributed by atoms with Gasteiger partial charge in [-0.2, -0.15) is 0 Å². The number of sulfone groups is 1. The molecule has 1 unspecified atom stereocenters. The summed E-state index contributed by atoms with van der Waals surface area (Å²) in [5, 5.41) is 16.6. The number of nitrogens with one attached hydrogen (secondary N) is 2. The first-order valence-corrected chi connectivity index (χ1v) is 10.1. The number of halogens is 1. The molecule has 1 atom stereocenters. The van der Waals surface area contributed by atoms with Crippen LogP contribution in [0.2, 0.25) is 0 Å². The fourth-order valence-electron chi connectivity index (χ4n) is 1.99. The molecule has 9 heteroatoms. The number of aryl methyl sites for hydroxylation is 1. The summed E-state index contributed by atoms with van der Waals surface area (Å²) in [6.07, 6.45) is 0. The third kappa shape index (κ3) is 7.43. The third-order valence-electron chi connectivity index (χ3n) is 3.76. The smallest absolute Gasteiger partial charge is 0.191 e. The minimum absolute atomic E-state index is 0. The van der Waals surface area contributed by atoms with Gasteiger partial charge in [0.15, 0.2) is 15.8 Å². The Bertz CT molecular complexity index is 691. The first kappa shape index (κ1) is 25.2. The van der Waals surface area contributed by atoms with Crippen molar-refractivity contribution in [1.29, 1.82) is 0 Å².